The number of carbonyl (C=O) groups is 1. The zero-order valence-electron chi connectivity index (χ0n) is 18.1. The van der Waals surface area contributed by atoms with E-state index in [9.17, 15) is 13.2 Å². The van der Waals surface area contributed by atoms with Crippen LogP contribution in [0.3, 0.4) is 0 Å². The van der Waals surface area contributed by atoms with Crippen molar-refractivity contribution < 1.29 is 27.1 Å². The summed E-state index contributed by atoms with van der Waals surface area (Å²) in [6, 6.07) is 8.83. The number of halogens is 2. The fourth-order valence-corrected chi connectivity index (χ4v) is 5.97. The summed E-state index contributed by atoms with van der Waals surface area (Å²) in [6.45, 7) is 0.786. The Labute approximate surface area is 205 Å². The molecular weight excluding hydrogens is 505 g/mol. The minimum atomic E-state index is -4.60. The maximum atomic E-state index is 15.1. The van der Waals surface area contributed by atoms with Crippen LogP contribution < -0.4 is 13.8 Å². The summed E-state index contributed by atoms with van der Waals surface area (Å²) < 4.78 is 54.2. The first kappa shape index (κ1) is 24.2. The molecule has 0 aliphatic carbocycles. The molecule has 0 N–H and O–H groups in total. The molecule has 1 aliphatic heterocycles. The van der Waals surface area contributed by atoms with E-state index in [2.05, 4.69) is 4.98 Å². The van der Waals surface area contributed by atoms with Gasteiger partial charge < -0.3 is 14.4 Å². The van der Waals surface area contributed by atoms with Crippen molar-refractivity contribution >= 4 is 44.9 Å². The summed E-state index contributed by atoms with van der Waals surface area (Å²) in [5.41, 5.74) is 2.07. The van der Waals surface area contributed by atoms with Crippen molar-refractivity contribution in [2.75, 3.05) is 24.5 Å². The molecule has 0 saturated carbocycles. The molecule has 2 aromatic carbocycles. The largest absolute Gasteiger partial charge is 0.497 e. The minimum absolute atomic E-state index is 0.0945. The second-order valence-electron chi connectivity index (χ2n) is 7.46. The van der Waals surface area contributed by atoms with Crippen LogP contribution in [-0.2, 0) is 16.6 Å². The predicted octanol–water partition coefficient (Wildman–Crippen LogP) is 4.93. The Morgan fingerprint density at radius 2 is 1.91 bits per heavy atom. The fourth-order valence-electron chi connectivity index (χ4n) is 3.53. The average Bonchev–Trinajstić information content (AvgIpc) is 3.54. The molecule has 0 atom stereocenters. The number of hydrogen-bond acceptors (Lipinski definition) is 7. The lowest BCUT2D eigenvalue weighted by Gasteiger charge is -2.24. The van der Waals surface area contributed by atoms with Crippen molar-refractivity contribution in [1.82, 2.24) is 9.88 Å². The van der Waals surface area contributed by atoms with Crippen molar-refractivity contribution in [2.24, 2.45) is 0 Å². The molecule has 3 aromatic rings. The van der Waals surface area contributed by atoms with E-state index >= 15 is 4.39 Å². The van der Waals surface area contributed by atoms with Gasteiger partial charge in [0.1, 0.15) is 11.6 Å². The molecule has 0 spiro atoms. The Bertz CT molecular complexity index is 1260. The third kappa shape index (κ3) is 4.96. The number of aromatic nitrogens is 1. The lowest BCUT2D eigenvalue weighted by Crippen LogP contribution is -2.34. The molecule has 0 radical (unpaired) electrons. The topological polar surface area (TPSA) is 89.0 Å². The van der Waals surface area contributed by atoms with E-state index < -0.39 is 32.6 Å². The Morgan fingerprint density at radius 1 is 1.21 bits per heavy atom. The molecule has 8 nitrogen and oxygen atoms in total. The average molecular weight is 526 g/mol. The third-order valence-corrected chi connectivity index (χ3v) is 7.94. The summed E-state index contributed by atoms with van der Waals surface area (Å²) in [5, 5.41) is 1.33. The number of amides is 1. The van der Waals surface area contributed by atoms with E-state index in [1.165, 1.54) is 34.2 Å². The fraction of sp³-hybridized carbons (Fsp3) is 0.273. The third-order valence-electron chi connectivity index (χ3n) is 5.28. The first-order valence-corrected chi connectivity index (χ1v) is 13.1. The molecule has 180 valence electrons. The number of rotatable bonds is 7. The molecule has 4 rings (SSSR count). The van der Waals surface area contributed by atoms with E-state index in [-0.39, 0.29) is 17.4 Å². The van der Waals surface area contributed by atoms with Crippen LogP contribution in [0.25, 0.3) is 0 Å². The lowest BCUT2D eigenvalue weighted by atomic mass is 10.2. The smallest absolute Gasteiger partial charge is 0.415 e. The molecule has 1 fully saturated rings. The standard InChI is InChI=1S/C22H21ClFN3O5S2/c1-31-16-6-4-15(5-7-16)12-27(19-13-33-14-25-19)34(29,30)21-18(24)9-8-17(23)20(21)32-22(28)26-10-2-3-11-26/h4-9,13-14H,2-3,10-12H2,1H3. The van der Waals surface area contributed by atoms with Gasteiger partial charge in [-0.2, -0.15) is 0 Å². The van der Waals surface area contributed by atoms with Gasteiger partial charge in [-0.1, -0.05) is 23.7 Å². The van der Waals surface area contributed by atoms with E-state index in [0.717, 1.165) is 29.3 Å². The van der Waals surface area contributed by atoms with Crippen LogP contribution in [0, 0.1) is 5.82 Å². The Kier molecular flexibility index (Phi) is 7.24. The molecule has 34 heavy (non-hydrogen) atoms. The van der Waals surface area contributed by atoms with Crippen LogP contribution in [0.4, 0.5) is 15.0 Å². The van der Waals surface area contributed by atoms with Gasteiger partial charge in [0.25, 0.3) is 10.0 Å². The van der Waals surface area contributed by atoms with Gasteiger partial charge >= 0.3 is 6.09 Å². The Hall–Kier alpha value is -2.89. The molecular formula is C22H21ClFN3O5S2. The van der Waals surface area contributed by atoms with Gasteiger partial charge in [-0.3, -0.25) is 0 Å². The maximum Gasteiger partial charge on any atom is 0.415 e. The second kappa shape index (κ2) is 10.2. The minimum Gasteiger partial charge on any atom is -0.497 e. The van der Waals surface area contributed by atoms with Gasteiger partial charge in [0.05, 0.1) is 24.2 Å². The van der Waals surface area contributed by atoms with E-state index in [4.69, 9.17) is 21.1 Å². The zero-order chi connectivity index (χ0) is 24.3. The monoisotopic (exact) mass is 525 g/mol. The van der Waals surface area contributed by atoms with Gasteiger partial charge in [-0.05, 0) is 42.7 Å². The van der Waals surface area contributed by atoms with Gasteiger partial charge in [0.15, 0.2) is 16.5 Å². The summed E-state index contributed by atoms with van der Waals surface area (Å²) in [7, 11) is -3.08. The molecule has 2 heterocycles. The van der Waals surface area contributed by atoms with Crippen molar-refractivity contribution in [2.45, 2.75) is 24.3 Å². The Morgan fingerprint density at radius 3 is 2.53 bits per heavy atom. The SMILES string of the molecule is COc1ccc(CN(c2cscn2)S(=O)(=O)c2c(F)ccc(Cl)c2OC(=O)N2CCCC2)cc1. The molecule has 0 bridgehead atoms. The van der Waals surface area contributed by atoms with Gasteiger partial charge in [0, 0.05) is 18.5 Å². The second-order valence-corrected chi connectivity index (χ2v) is 10.4. The van der Waals surface area contributed by atoms with Crippen LogP contribution >= 0.6 is 22.9 Å². The summed E-state index contributed by atoms with van der Waals surface area (Å²) in [6.07, 6.45) is 0.824. The molecule has 1 saturated heterocycles. The number of sulfonamides is 1. The number of thiazole rings is 1. The number of carbonyl (C=O) groups excluding carboxylic acids is 1. The number of likely N-dealkylation sites (tertiary alicyclic amines) is 1. The summed E-state index contributed by atoms with van der Waals surface area (Å²) in [4.78, 5) is 17.3. The molecule has 1 amide bonds. The summed E-state index contributed by atoms with van der Waals surface area (Å²) >= 11 is 7.39. The first-order chi connectivity index (χ1) is 16.3. The number of ether oxygens (including phenoxy) is 2. The quantitative estimate of drug-likeness (QED) is 0.434. The van der Waals surface area contributed by atoms with E-state index in [0.29, 0.717) is 24.4 Å². The van der Waals surface area contributed by atoms with Crippen molar-refractivity contribution in [3.8, 4) is 11.5 Å². The highest BCUT2D eigenvalue weighted by molar-refractivity contribution is 7.93. The Balaban J connectivity index is 1.76. The van der Waals surface area contributed by atoms with Crippen LogP contribution in [-0.4, -0.2) is 44.6 Å². The van der Waals surface area contributed by atoms with Crippen molar-refractivity contribution in [1.29, 1.82) is 0 Å². The van der Waals surface area contributed by atoms with Crippen LogP contribution in [0.15, 0.2) is 52.2 Å². The highest BCUT2D eigenvalue weighted by atomic mass is 35.5. The van der Waals surface area contributed by atoms with Gasteiger partial charge in [0.2, 0.25) is 0 Å². The zero-order valence-corrected chi connectivity index (χ0v) is 20.5. The van der Waals surface area contributed by atoms with Crippen LogP contribution in [0.5, 0.6) is 11.5 Å². The van der Waals surface area contributed by atoms with Gasteiger partial charge in [-0.15, -0.1) is 11.3 Å². The number of hydrogen-bond donors (Lipinski definition) is 0. The lowest BCUT2D eigenvalue weighted by molar-refractivity contribution is 0.161. The highest BCUT2D eigenvalue weighted by Gasteiger charge is 2.35. The highest BCUT2D eigenvalue weighted by Crippen LogP contribution is 2.38. The predicted molar refractivity (Wildman–Crippen MR) is 127 cm³/mol. The van der Waals surface area contributed by atoms with E-state index in [1.807, 2.05) is 0 Å². The molecule has 12 heteroatoms. The molecule has 1 aromatic heterocycles. The maximum absolute atomic E-state index is 15.1. The normalized spacial score (nSPS) is 13.7. The van der Waals surface area contributed by atoms with Crippen molar-refractivity contribution in [3.63, 3.8) is 0 Å². The van der Waals surface area contributed by atoms with Crippen LogP contribution in [0.1, 0.15) is 18.4 Å². The van der Waals surface area contributed by atoms with E-state index in [1.54, 1.807) is 24.3 Å². The number of benzene rings is 2. The van der Waals surface area contributed by atoms with Crippen LogP contribution in [0.2, 0.25) is 5.02 Å². The van der Waals surface area contributed by atoms with Gasteiger partial charge in [-0.25, -0.2) is 26.9 Å². The number of nitrogens with zero attached hydrogens (tertiary/aromatic N) is 3. The first-order valence-electron chi connectivity index (χ1n) is 10.3. The van der Waals surface area contributed by atoms with Crippen molar-refractivity contribution in [3.05, 3.63) is 63.7 Å². The number of anilines is 1. The number of methoxy groups -OCH3 is 1. The molecule has 1 aliphatic rings. The summed E-state index contributed by atoms with van der Waals surface area (Å²) in [5.74, 6) is -0.946. The molecule has 0 unspecified atom stereocenters.